The number of thiophene rings is 1. The molecule has 0 unspecified atom stereocenters. The van der Waals surface area contributed by atoms with Crippen LogP contribution < -0.4 is 5.32 Å². The van der Waals surface area contributed by atoms with E-state index in [9.17, 15) is 4.79 Å². The van der Waals surface area contributed by atoms with Crippen LogP contribution in [0.3, 0.4) is 0 Å². The number of hydrogen-bond acceptors (Lipinski definition) is 3. The minimum atomic E-state index is -0.726. The fourth-order valence-electron chi connectivity index (χ4n) is 1.61. The van der Waals surface area contributed by atoms with Gasteiger partial charge in [0, 0.05) is 16.2 Å². The van der Waals surface area contributed by atoms with E-state index in [1.165, 1.54) is 9.75 Å². The molecule has 18 heavy (non-hydrogen) atoms. The molecule has 0 fully saturated rings. The summed E-state index contributed by atoms with van der Waals surface area (Å²) in [4.78, 5) is 14.3. The molecule has 0 spiro atoms. The van der Waals surface area contributed by atoms with Crippen molar-refractivity contribution in [3.05, 3.63) is 21.9 Å². The van der Waals surface area contributed by atoms with Gasteiger partial charge in [0.15, 0.2) is 0 Å². The lowest BCUT2D eigenvalue weighted by Crippen LogP contribution is -2.44. The van der Waals surface area contributed by atoms with Gasteiger partial charge in [0.2, 0.25) is 5.91 Å². The van der Waals surface area contributed by atoms with Crippen molar-refractivity contribution < 1.29 is 4.79 Å². The predicted octanol–water partition coefficient (Wildman–Crippen LogP) is 3.19. The van der Waals surface area contributed by atoms with Gasteiger partial charge < -0.3 is 5.32 Å². The molecule has 0 radical (unpaired) electrons. The second-order valence-electron chi connectivity index (χ2n) is 4.71. The van der Waals surface area contributed by atoms with E-state index in [0.717, 1.165) is 12.8 Å². The maximum Gasteiger partial charge on any atom is 0.221 e. The molecule has 98 valence electrons. The van der Waals surface area contributed by atoms with Crippen molar-refractivity contribution >= 4 is 17.2 Å². The van der Waals surface area contributed by atoms with Gasteiger partial charge in [0.05, 0.1) is 6.07 Å². The van der Waals surface area contributed by atoms with Gasteiger partial charge in [-0.05, 0) is 45.2 Å². The molecule has 3 nitrogen and oxygen atoms in total. The zero-order chi connectivity index (χ0) is 13.6. The molecule has 0 aromatic carbocycles. The molecule has 1 aromatic heterocycles. The molecule has 1 amide bonds. The molecule has 0 aliphatic rings. The van der Waals surface area contributed by atoms with Gasteiger partial charge in [-0.25, -0.2) is 0 Å². The average molecular weight is 264 g/mol. The summed E-state index contributed by atoms with van der Waals surface area (Å²) in [5, 5.41) is 11.8. The molecule has 0 bridgehead atoms. The topological polar surface area (TPSA) is 52.9 Å². The largest absolute Gasteiger partial charge is 0.338 e. The highest BCUT2D eigenvalue weighted by Gasteiger charge is 2.22. The third-order valence-electron chi connectivity index (χ3n) is 2.99. The fraction of sp³-hybridized carbons (Fsp3) is 0.571. The first-order valence-corrected chi connectivity index (χ1v) is 7.08. The summed E-state index contributed by atoms with van der Waals surface area (Å²) >= 11 is 1.78. The minimum Gasteiger partial charge on any atom is -0.338 e. The number of amides is 1. The van der Waals surface area contributed by atoms with Crippen molar-refractivity contribution in [2.24, 2.45) is 0 Å². The first-order chi connectivity index (χ1) is 8.49. The number of carbonyl (C=O) groups is 1. The van der Waals surface area contributed by atoms with E-state index in [0.29, 0.717) is 12.8 Å². The number of aryl methyl sites for hydroxylation is 2. The highest BCUT2D eigenvalue weighted by atomic mass is 32.1. The molecule has 0 aliphatic heterocycles. The van der Waals surface area contributed by atoms with Gasteiger partial charge in [-0.3, -0.25) is 4.79 Å². The Morgan fingerprint density at radius 1 is 1.56 bits per heavy atom. The van der Waals surface area contributed by atoms with Gasteiger partial charge in [-0.1, -0.05) is 6.92 Å². The second kappa shape index (κ2) is 6.55. The summed E-state index contributed by atoms with van der Waals surface area (Å²) < 4.78 is 0. The standard InChI is InChI=1S/C14H20N2OS/c1-4-14(3,10-15)16-13(17)7-5-6-12-9-8-11(2)18-12/h8-9H,4-7H2,1-3H3,(H,16,17)/t14-/m1/s1. The molecule has 0 saturated heterocycles. The van der Waals surface area contributed by atoms with Crippen molar-refractivity contribution in [1.82, 2.24) is 5.32 Å². The second-order valence-corrected chi connectivity index (χ2v) is 6.08. The van der Waals surface area contributed by atoms with E-state index in [1.54, 1.807) is 18.3 Å². The van der Waals surface area contributed by atoms with Crippen LogP contribution in [0, 0.1) is 18.3 Å². The summed E-state index contributed by atoms with van der Waals surface area (Å²) in [6.07, 6.45) is 2.87. The van der Waals surface area contributed by atoms with Gasteiger partial charge in [-0.15, -0.1) is 11.3 Å². The Kier molecular flexibility index (Phi) is 5.36. The fourth-order valence-corrected chi connectivity index (χ4v) is 2.54. The highest BCUT2D eigenvalue weighted by Crippen LogP contribution is 2.17. The number of nitrogens with zero attached hydrogens (tertiary/aromatic N) is 1. The van der Waals surface area contributed by atoms with E-state index in [2.05, 4.69) is 30.4 Å². The number of rotatable bonds is 6. The quantitative estimate of drug-likeness (QED) is 0.858. The number of hydrogen-bond donors (Lipinski definition) is 1. The van der Waals surface area contributed by atoms with Crippen LogP contribution in [0.4, 0.5) is 0 Å². The molecule has 0 aliphatic carbocycles. The summed E-state index contributed by atoms with van der Waals surface area (Å²) in [6, 6.07) is 6.36. The minimum absolute atomic E-state index is 0.0332. The molecular weight excluding hydrogens is 244 g/mol. The zero-order valence-corrected chi connectivity index (χ0v) is 12.1. The summed E-state index contributed by atoms with van der Waals surface area (Å²) in [5.41, 5.74) is -0.726. The van der Waals surface area contributed by atoms with Crippen LogP contribution in [-0.4, -0.2) is 11.4 Å². The lowest BCUT2D eigenvalue weighted by Gasteiger charge is -2.21. The van der Waals surface area contributed by atoms with E-state index in [1.807, 2.05) is 6.92 Å². The number of nitriles is 1. The first kappa shape index (κ1) is 14.7. The SMILES string of the molecule is CC[C@](C)(C#N)NC(=O)CCCc1ccc(C)s1. The Balaban J connectivity index is 2.32. The lowest BCUT2D eigenvalue weighted by molar-refractivity contribution is -0.122. The Morgan fingerprint density at radius 3 is 2.78 bits per heavy atom. The van der Waals surface area contributed by atoms with Crippen LogP contribution in [0.5, 0.6) is 0 Å². The molecule has 4 heteroatoms. The molecule has 1 N–H and O–H groups in total. The summed E-state index contributed by atoms with van der Waals surface area (Å²) in [7, 11) is 0. The van der Waals surface area contributed by atoms with Crippen LogP contribution in [0.1, 0.15) is 42.9 Å². The van der Waals surface area contributed by atoms with Crippen LogP contribution >= 0.6 is 11.3 Å². The Hall–Kier alpha value is -1.34. The normalized spacial score (nSPS) is 13.7. The van der Waals surface area contributed by atoms with E-state index in [-0.39, 0.29) is 5.91 Å². The Labute approximate surface area is 113 Å². The van der Waals surface area contributed by atoms with E-state index >= 15 is 0 Å². The average Bonchev–Trinajstić information content (AvgIpc) is 2.75. The Bertz CT molecular complexity index is 447. The van der Waals surface area contributed by atoms with Gasteiger partial charge in [-0.2, -0.15) is 5.26 Å². The molecule has 1 aromatic rings. The van der Waals surface area contributed by atoms with Crippen molar-refractivity contribution in [3.63, 3.8) is 0 Å². The zero-order valence-electron chi connectivity index (χ0n) is 11.2. The molecule has 1 heterocycles. The van der Waals surface area contributed by atoms with E-state index < -0.39 is 5.54 Å². The monoisotopic (exact) mass is 264 g/mol. The van der Waals surface area contributed by atoms with Crippen molar-refractivity contribution in [2.45, 2.75) is 52.0 Å². The smallest absolute Gasteiger partial charge is 0.221 e. The molecule has 1 rings (SSSR count). The van der Waals surface area contributed by atoms with Crippen molar-refractivity contribution in [1.29, 1.82) is 5.26 Å². The maximum atomic E-state index is 11.7. The van der Waals surface area contributed by atoms with Crippen LogP contribution in [-0.2, 0) is 11.2 Å². The van der Waals surface area contributed by atoms with Gasteiger partial charge in [0.25, 0.3) is 0 Å². The Morgan fingerprint density at radius 2 is 2.28 bits per heavy atom. The molecule has 0 saturated carbocycles. The molecule has 1 atom stereocenters. The summed E-state index contributed by atoms with van der Waals surface area (Å²) in [5.74, 6) is -0.0332. The lowest BCUT2D eigenvalue weighted by atomic mass is 10.0. The third-order valence-corrected chi connectivity index (χ3v) is 4.05. The van der Waals surface area contributed by atoms with Crippen LogP contribution in [0.2, 0.25) is 0 Å². The number of nitrogens with one attached hydrogen (secondary N) is 1. The van der Waals surface area contributed by atoms with Gasteiger partial charge in [0.1, 0.15) is 5.54 Å². The molecular formula is C14H20N2OS. The third kappa shape index (κ3) is 4.50. The maximum absolute atomic E-state index is 11.7. The first-order valence-electron chi connectivity index (χ1n) is 6.26. The highest BCUT2D eigenvalue weighted by molar-refractivity contribution is 7.11. The van der Waals surface area contributed by atoms with Crippen molar-refractivity contribution in [3.8, 4) is 6.07 Å². The van der Waals surface area contributed by atoms with Crippen LogP contribution in [0.25, 0.3) is 0 Å². The van der Waals surface area contributed by atoms with Gasteiger partial charge >= 0.3 is 0 Å². The predicted molar refractivity (Wildman–Crippen MR) is 74.4 cm³/mol. The van der Waals surface area contributed by atoms with Crippen molar-refractivity contribution in [2.75, 3.05) is 0 Å². The number of carbonyl (C=O) groups excluding carboxylic acids is 1. The van der Waals surface area contributed by atoms with E-state index in [4.69, 9.17) is 5.26 Å². The summed E-state index contributed by atoms with van der Waals surface area (Å²) in [6.45, 7) is 5.74. The van der Waals surface area contributed by atoms with Crippen LogP contribution in [0.15, 0.2) is 12.1 Å².